The summed E-state index contributed by atoms with van der Waals surface area (Å²) < 4.78 is 1.98. The molecular formula is C14H19N3S. The van der Waals surface area contributed by atoms with Gasteiger partial charge in [0.05, 0.1) is 5.69 Å². The Bertz CT molecular complexity index is 550. The maximum atomic E-state index is 4.66. The summed E-state index contributed by atoms with van der Waals surface area (Å²) in [7, 11) is 0. The summed E-state index contributed by atoms with van der Waals surface area (Å²) in [5, 5.41) is 6.78. The molecule has 1 heterocycles. The van der Waals surface area contributed by atoms with Gasteiger partial charge in [0.15, 0.2) is 0 Å². The van der Waals surface area contributed by atoms with E-state index in [1.165, 1.54) is 18.5 Å². The second kappa shape index (κ2) is 4.84. The van der Waals surface area contributed by atoms with Gasteiger partial charge in [-0.3, -0.25) is 4.99 Å². The van der Waals surface area contributed by atoms with E-state index in [4.69, 9.17) is 0 Å². The van der Waals surface area contributed by atoms with Crippen molar-refractivity contribution in [3.63, 3.8) is 0 Å². The lowest BCUT2D eigenvalue weighted by molar-refractivity contribution is 0.588. The van der Waals surface area contributed by atoms with Gasteiger partial charge in [-0.25, -0.2) is 4.68 Å². The van der Waals surface area contributed by atoms with Crippen molar-refractivity contribution in [1.82, 2.24) is 4.68 Å². The van der Waals surface area contributed by atoms with Crippen LogP contribution in [0.2, 0.25) is 0 Å². The van der Waals surface area contributed by atoms with E-state index in [0.717, 1.165) is 23.2 Å². The standard InChI is InChI=1S/C14H19N3S/c1-3-15-14-17(10(2)9-18-14)16-8-13-7-11-4-5-12(13)6-11/h4-5,8-9,11-13H,3,6-7H2,1-2H3. The third-order valence-electron chi connectivity index (χ3n) is 3.85. The van der Waals surface area contributed by atoms with Crippen LogP contribution in [0.25, 0.3) is 0 Å². The topological polar surface area (TPSA) is 29.6 Å². The third kappa shape index (κ3) is 2.09. The van der Waals surface area contributed by atoms with E-state index in [-0.39, 0.29) is 0 Å². The molecule has 3 rings (SSSR count). The Balaban J connectivity index is 1.82. The molecule has 18 heavy (non-hydrogen) atoms. The van der Waals surface area contributed by atoms with E-state index in [0.29, 0.717) is 5.92 Å². The summed E-state index contributed by atoms with van der Waals surface area (Å²) >= 11 is 1.67. The Hall–Kier alpha value is -1.16. The molecule has 0 aromatic carbocycles. The molecule has 1 saturated carbocycles. The highest BCUT2D eigenvalue weighted by Crippen LogP contribution is 2.42. The normalized spacial score (nSPS) is 31.0. The number of aromatic nitrogens is 1. The molecule has 96 valence electrons. The molecule has 3 nitrogen and oxygen atoms in total. The molecule has 0 N–H and O–H groups in total. The summed E-state index contributed by atoms with van der Waals surface area (Å²) in [6, 6.07) is 0. The number of aryl methyl sites for hydroxylation is 1. The molecule has 0 aliphatic heterocycles. The molecule has 3 unspecified atom stereocenters. The van der Waals surface area contributed by atoms with Crippen molar-refractivity contribution >= 4 is 17.6 Å². The van der Waals surface area contributed by atoms with Crippen molar-refractivity contribution < 1.29 is 0 Å². The van der Waals surface area contributed by atoms with Crippen LogP contribution in [0.1, 0.15) is 25.5 Å². The minimum absolute atomic E-state index is 0.626. The average molecular weight is 261 g/mol. The van der Waals surface area contributed by atoms with Gasteiger partial charge in [0, 0.05) is 24.1 Å². The first kappa shape index (κ1) is 11.9. The van der Waals surface area contributed by atoms with Crippen LogP contribution >= 0.6 is 11.3 Å². The van der Waals surface area contributed by atoms with Gasteiger partial charge in [0.1, 0.15) is 0 Å². The maximum absolute atomic E-state index is 4.66. The fraction of sp³-hybridized carbons (Fsp3) is 0.571. The summed E-state index contributed by atoms with van der Waals surface area (Å²) in [4.78, 5) is 5.48. The van der Waals surface area contributed by atoms with Crippen LogP contribution in [0.5, 0.6) is 0 Å². The van der Waals surface area contributed by atoms with Crippen molar-refractivity contribution in [2.24, 2.45) is 27.8 Å². The highest BCUT2D eigenvalue weighted by atomic mass is 32.1. The number of allylic oxidation sites excluding steroid dienone is 2. The second-order valence-electron chi connectivity index (χ2n) is 5.15. The second-order valence-corrected chi connectivity index (χ2v) is 5.99. The van der Waals surface area contributed by atoms with E-state index in [1.807, 2.05) is 4.68 Å². The van der Waals surface area contributed by atoms with Gasteiger partial charge in [-0.2, -0.15) is 5.10 Å². The van der Waals surface area contributed by atoms with Gasteiger partial charge in [0.25, 0.3) is 0 Å². The fourth-order valence-corrected chi connectivity index (χ4v) is 3.79. The van der Waals surface area contributed by atoms with Crippen LogP contribution in [0, 0.1) is 24.7 Å². The monoisotopic (exact) mass is 261 g/mol. The Morgan fingerprint density at radius 3 is 3.00 bits per heavy atom. The lowest BCUT2D eigenvalue weighted by atomic mass is 9.95. The van der Waals surface area contributed by atoms with E-state index < -0.39 is 0 Å². The molecule has 1 aromatic rings. The first-order valence-corrected chi connectivity index (χ1v) is 7.56. The molecule has 2 aliphatic rings. The zero-order chi connectivity index (χ0) is 12.5. The largest absolute Gasteiger partial charge is 0.258 e. The zero-order valence-corrected chi connectivity index (χ0v) is 11.7. The quantitative estimate of drug-likeness (QED) is 0.591. The van der Waals surface area contributed by atoms with E-state index in [1.54, 1.807) is 11.3 Å². The molecule has 0 saturated heterocycles. The SMILES string of the molecule is CCN=c1scc(C)n1N=CC1CC2C=CC1C2. The molecule has 1 fully saturated rings. The predicted molar refractivity (Wildman–Crippen MR) is 75.9 cm³/mol. The molecular weight excluding hydrogens is 242 g/mol. The first-order chi connectivity index (χ1) is 8.78. The van der Waals surface area contributed by atoms with Crippen LogP contribution < -0.4 is 4.80 Å². The summed E-state index contributed by atoms with van der Waals surface area (Å²) in [5.41, 5.74) is 1.17. The van der Waals surface area contributed by atoms with Gasteiger partial charge in [-0.1, -0.05) is 12.2 Å². The number of hydrogen-bond donors (Lipinski definition) is 0. The highest BCUT2D eigenvalue weighted by molar-refractivity contribution is 7.07. The lowest BCUT2D eigenvalue weighted by Gasteiger charge is -2.12. The number of hydrogen-bond acceptors (Lipinski definition) is 3. The smallest absolute Gasteiger partial charge is 0.205 e. The molecule has 2 aliphatic carbocycles. The number of rotatable bonds is 3. The predicted octanol–water partition coefficient (Wildman–Crippen LogP) is 2.82. The summed E-state index contributed by atoms with van der Waals surface area (Å²) in [5.74, 6) is 2.16. The minimum Gasteiger partial charge on any atom is -0.258 e. The van der Waals surface area contributed by atoms with Gasteiger partial charge >= 0.3 is 0 Å². The average Bonchev–Trinajstić information content (AvgIpc) is 3.04. The lowest BCUT2D eigenvalue weighted by Crippen LogP contribution is -2.15. The van der Waals surface area contributed by atoms with Gasteiger partial charge in [0.2, 0.25) is 4.80 Å². The van der Waals surface area contributed by atoms with Gasteiger partial charge < -0.3 is 0 Å². The Labute approximate surface area is 112 Å². The summed E-state index contributed by atoms with van der Waals surface area (Å²) in [6.07, 6.45) is 9.48. The molecule has 3 atom stereocenters. The van der Waals surface area contributed by atoms with Crippen LogP contribution in [-0.2, 0) is 0 Å². The molecule has 4 heteroatoms. The maximum Gasteiger partial charge on any atom is 0.205 e. The van der Waals surface area contributed by atoms with Crippen molar-refractivity contribution in [2.75, 3.05) is 6.54 Å². The fourth-order valence-electron chi connectivity index (χ4n) is 2.92. The number of nitrogens with zero attached hydrogens (tertiary/aromatic N) is 3. The molecule has 2 bridgehead atoms. The van der Waals surface area contributed by atoms with Crippen LogP contribution in [0.4, 0.5) is 0 Å². The van der Waals surface area contributed by atoms with Gasteiger partial charge in [-0.05, 0) is 38.5 Å². The Kier molecular flexibility index (Phi) is 3.20. The molecule has 0 radical (unpaired) electrons. The van der Waals surface area contributed by atoms with Crippen molar-refractivity contribution in [3.05, 3.63) is 28.0 Å². The Morgan fingerprint density at radius 2 is 2.33 bits per heavy atom. The minimum atomic E-state index is 0.626. The van der Waals surface area contributed by atoms with E-state index in [9.17, 15) is 0 Å². The van der Waals surface area contributed by atoms with Crippen LogP contribution in [0.3, 0.4) is 0 Å². The highest BCUT2D eigenvalue weighted by Gasteiger charge is 2.34. The number of fused-ring (bicyclic) bond motifs is 2. The van der Waals surface area contributed by atoms with Crippen LogP contribution in [-0.4, -0.2) is 17.4 Å². The number of thiazole rings is 1. The summed E-state index contributed by atoms with van der Waals surface area (Å²) in [6.45, 7) is 4.96. The third-order valence-corrected chi connectivity index (χ3v) is 4.82. The van der Waals surface area contributed by atoms with Gasteiger partial charge in [-0.15, -0.1) is 11.3 Å². The van der Waals surface area contributed by atoms with Crippen LogP contribution in [0.15, 0.2) is 27.6 Å². The van der Waals surface area contributed by atoms with E-state index in [2.05, 4.69) is 47.7 Å². The van der Waals surface area contributed by atoms with Crippen molar-refractivity contribution in [2.45, 2.75) is 26.7 Å². The van der Waals surface area contributed by atoms with E-state index >= 15 is 0 Å². The zero-order valence-electron chi connectivity index (χ0n) is 10.9. The first-order valence-electron chi connectivity index (χ1n) is 6.68. The Morgan fingerprint density at radius 1 is 1.44 bits per heavy atom. The molecule has 0 amide bonds. The molecule has 1 aromatic heterocycles. The van der Waals surface area contributed by atoms with Crippen molar-refractivity contribution in [3.8, 4) is 0 Å². The van der Waals surface area contributed by atoms with Crippen molar-refractivity contribution in [1.29, 1.82) is 0 Å². The molecule has 0 spiro atoms.